The monoisotopic (exact) mass is 517 g/mol. The summed E-state index contributed by atoms with van der Waals surface area (Å²) in [6.45, 7) is 2.06. The number of rotatable bonds is 8. The lowest BCUT2D eigenvalue weighted by Gasteiger charge is -2.42. The summed E-state index contributed by atoms with van der Waals surface area (Å²) in [5.41, 5.74) is 2.63. The number of ether oxygens (including phenoxy) is 1. The van der Waals surface area contributed by atoms with Crippen LogP contribution < -0.4 is 20.3 Å². The fourth-order valence-corrected chi connectivity index (χ4v) is 5.65. The number of nitrogens with one attached hydrogen (secondary N) is 2. The summed E-state index contributed by atoms with van der Waals surface area (Å²) in [6.07, 6.45) is 10.3. The van der Waals surface area contributed by atoms with Crippen molar-refractivity contribution in [3.63, 3.8) is 0 Å². The number of amides is 1. The van der Waals surface area contributed by atoms with Crippen molar-refractivity contribution in [2.24, 2.45) is 0 Å². The number of fused-ring (bicyclic) bond motifs is 3. The number of anilines is 3. The Kier molecular flexibility index (Phi) is 6.13. The Hall–Kier alpha value is -4.15. The lowest BCUT2D eigenvalue weighted by molar-refractivity contribution is 0.0688. The van der Waals surface area contributed by atoms with Crippen LogP contribution in [0.3, 0.4) is 0 Å². The first-order valence-electron chi connectivity index (χ1n) is 13.2. The highest BCUT2D eigenvalue weighted by atomic mass is 16.5. The first-order chi connectivity index (χ1) is 18.5. The number of carbonyl (C=O) groups excluding carboxylic acids is 1. The first kappa shape index (κ1) is 24.2. The number of carboxylic acids is 1. The van der Waals surface area contributed by atoms with E-state index in [9.17, 15) is 14.7 Å². The number of nitrogens with zero attached hydrogens (tertiary/aromatic N) is 5. The van der Waals surface area contributed by atoms with Crippen molar-refractivity contribution in [2.75, 3.05) is 17.3 Å². The molecule has 0 bridgehead atoms. The third-order valence-electron chi connectivity index (χ3n) is 7.64. The van der Waals surface area contributed by atoms with Gasteiger partial charge in [0.1, 0.15) is 17.8 Å². The van der Waals surface area contributed by atoms with Gasteiger partial charge in [-0.25, -0.2) is 14.8 Å². The summed E-state index contributed by atoms with van der Waals surface area (Å²) in [6, 6.07) is 5.62. The van der Waals surface area contributed by atoms with Gasteiger partial charge in [0.05, 0.1) is 30.7 Å². The molecule has 0 spiro atoms. The van der Waals surface area contributed by atoms with Gasteiger partial charge in [0.25, 0.3) is 5.91 Å². The van der Waals surface area contributed by atoms with Crippen LogP contribution in [0.4, 0.5) is 17.5 Å². The highest BCUT2D eigenvalue weighted by Gasteiger charge is 2.40. The smallest absolute Gasteiger partial charge is 0.356 e. The Morgan fingerprint density at radius 3 is 2.63 bits per heavy atom. The minimum atomic E-state index is -1.03. The number of imidazole rings is 1. The number of hydrogen-bond acceptors (Lipinski definition) is 8. The van der Waals surface area contributed by atoms with Crippen molar-refractivity contribution in [3.05, 3.63) is 47.7 Å². The number of aromatic nitrogens is 4. The van der Waals surface area contributed by atoms with Crippen LogP contribution in [0, 0.1) is 0 Å². The molecule has 2 saturated carbocycles. The second-order valence-corrected chi connectivity index (χ2v) is 10.1. The summed E-state index contributed by atoms with van der Waals surface area (Å²) in [4.78, 5) is 40.5. The molecule has 1 aliphatic heterocycles. The van der Waals surface area contributed by atoms with E-state index in [1.807, 2.05) is 4.57 Å². The van der Waals surface area contributed by atoms with Gasteiger partial charge in [-0.2, -0.15) is 4.98 Å². The van der Waals surface area contributed by atoms with Crippen LogP contribution in [0.2, 0.25) is 0 Å². The molecule has 198 valence electrons. The highest BCUT2D eigenvalue weighted by Crippen LogP contribution is 2.44. The summed E-state index contributed by atoms with van der Waals surface area (Å²) >= 11 is 0. The van der Waals surface area contributed by atoms with Crippen molar-refractivity contribution in [3.8, 4) is 11.4 Å². The van der Waals surface area contributed by atoms with Crippen molar-refractivity contribution in [2.45, 2.75) is 70.0 Å². The fraction of sp³-hybridized carbons (Fsp3) is 0.444. The molecule has 2 fully saturated rings. The topological polar surface area (TPSA) is 134 Å². The third kappa shape index (κ3) is 4.21. The van der Waals surface area contributed by atoms with E-state index < -0.39 is 5.97 Å². The molecule has 3 aromatic rings. The molecule has 3 heterocycles. The van der Waals surface area contributed by atoms with Gasteiger partial charge < -0.3 is 25.4 Å². The number of carbonyl (C=O) groups is 2. The molecule has 0 radical (unpaired) electrons. The molecule has 6 rings (SSSR count). The molecule has 2 aliphatic carbocycles. The molecule has 2 aromatic heterocycles. The van der Waals surface area contributed by atoms with Crippen molar-refractivity contribution in [1.29, 1.82) is 0 Å². The van der Waals surface area contributed by atoms with Gasteiger partial charge in [0, 0.05) is 17.6 Å². The van der Waals surface area contributed by atoms with Gasteiger partial charge >= 0.3 is 5.97 Å². The largest absolute Gasteiger partial charge is 0.495 e. The molecular formula is C27H31N7O4. The van der Waals surface area contributed by atoms with Gasteiger partial charge in [0.15, 0.2) is 11.5 Å². The van der Waals surface area contributed by atoms with Crippen molar-refractivity contribution >= 4 is 29.3 Å². The first-order valence-corrected chi connectivity index (χ1v) is 13.2. The quantitative estimate of drug-likeness (QED) is 0.401. The van der Waals surface area contributed by atoms with Crippen LogP contribution in [0.15, 0.2) is 30.7 Å². The Labute approximate surface area is 220 Å². The number of methoxy groups -OCH3 is 1. The van der Waals surface area contributed by atoms with Gasteiger partial charge in [-0.15, -0.1) is 0 Å². The van der Waals surface area contributed by atoms with Gasteiger partial charge in [0.2, 0.25) is 5.95 Å². The minimum absolute atomic E-state index is 0.0725. The number of hydrogen-bond donors (Lipinski definition) is 3. The number of carboxylic acid groups (broad SMARTS) is 1. The number of benzene rings is 1. The molecule has 38 heavy (non-hydrogen) atoms. The van der Waals surface area contributed by atoms with E-state index in [1.54, 1.807) is 37.8 Å². The Balaban J connectivity index is 1.37. The summed E-state index contributed by atoms with van der Waals surface area (Å²) in [7, 11) is 1.56. The predicted octanol–water partition coefficient (Wildman–Crippen LogP) is 4.22. The summed E-state index contributed by atoms with van der Waals surface area (Å²) < 4.78 is 7.39. The van der Waals surface area contributed by atoms with Gasteiger partial charge in [-0.3, -0.25) is 9.36 Å². The molecule has 11 nitrogen and oxygen atoms in total. The molecule has 1 atom stereocenters. The average Bonchev–Trinajstić information content (AvgIpc) is 3.37. The molecule has 11 heteroatoms. The molecule has 0 saturated heterocycles. The van der Waals surface area contributed by atoms with Crippen LogP contribution in [-0.2, 0) is 0 Å². The Morgan fingerprint density at radius 1 is 1.16 bits per heavy atom. The van der Waals surface area contributed by atoms with E-state index in [2.05, 4.69) is 32.4 Å². The van der Waals surface area contributed by atoms with Gasteiger partial charge in [-0.1, -0.05) is 19.8 Å². The van der Waals surface area contributed by atoms with E-state index in [4.69, 9.17) is 9.72 Å². The zero-order valence-corrected chi connectivity index (χ0v) is 21.5. The van der Waals surface area contributed by atoms with E-state index in [-0.39, 0.29) is 29.7 Å². The average molecular weight is 518 g/mol. The van der Waals surface area contributed by atoms with E-state index in [0.717, 1.165) is 44.3 Å². The van der Waals surface area contributed by atoms with E-state index >= 15 is 0 Å². The molecule has 1 aromatic carbocycles. The van der Waals surface area contributed by atoms with E-state index in [0.29, 0.717) is 40.8 Å². The SMILES string of the molecule is CCC1c2c(C(=O)O)ncn2-c2cnc(Nc3ccc(C(=O)NC4CC4)cc3OC)nc2N1C1CCCC1. The van der Waals surface area contributed by atoms with Crippen molar-refractivity contribution in [1.82, 2.24) is 24.8 Å². The zero-order chi connectivity index (χ0) is 26.4. The molecule has 3 aliphatic rings. The standard InChI is InChI=1S/C27H31N7O4/c1-3-19-23-22(26(36)37)29-14-33(23)20-13-28-27(32-24(20)34(19)17-6-4-5-7-17)31-18-11-8-15(12-21(18)38-2)25(35)30-16-9-10-16/h8,11-14,16-17,19H,3-7,9-10H2,1-2H3,(H,30,35)(H,36,37)(H,28,31,32). The van der Waals surface area contributed by atoms with Crippen LogP contribution in [0.25, 0.3) is 5.69 Å². The predicted molar refractivity (Wildman–Crippen MR) is 141 cm³/mol. The molecular weight excluding hydrogens is 486 g/mol. The Morgan fingerprint density at radius 2 is 1.95 bits per heavy atom. The second-order valence-electron chi connectivity index (χ2n) is 10.1. The molecule has 3 N–H and O–H groups in total. The fourth-order valence-electron chi connectivity index (χ4n) is 5.65. The maximum absolute atomic E-state index is 12.5. The second kappa shape index (κ2) is 9.62. The maximum Gasteiger partial charge on any atom is 0.356 e. The lowest BCUT2D eigenvalue weighted by atomic mass is 10.0. The minimum Gasteiger partial charge on any atom is -0.495 e. The van der Waals surface area contributed by atoms with Gasteiger partial charge in [-0.05, 0) is 50.3 Å². The summed E-state index contributed by atoms with van der Waals surface area (Å²) in [5.74, 6) is 0.501. The molecule has 1 amide bonds. The van der Waals surface area contributed by atoms with Crippen LogP contribution in [0.5, 0.6) is 5.75 Å². The van der Waals surface area contributed by atoms with Crippen LogP contribution in [0.1, 0.15) is 84.5 Å². The van der Waals surface area contributed by atoms with Crippen LogP contribution in [-0.4, -0.2) is 55.7 Å². The summed E-state index contributed by atoms with van der Waals surface area (Å²) in [5, 5.41) is 16.1. The number of aromatic carboxylic acids is 1. The third-order valence-corrected chi connectivity index (χ3v) is 7.64. The zero-order valence-electron chi connectivity index (χ0n) is 21.5. The maximum atomic E-state index is 12.5. The van der Waals surface area contributed by atoms with E-state index in [1.165, 1.54) is 0 Å². The lowest BCUT2D eigenvalue weighted by Crippen LogP contribution is -2.42. The highest BCUT2D eigenvalue weighted by molar-refractivity contribution is 5.95. The van der Waals surface area contributed by atoms with Crippen LogP contribution >= 0.6 is 0 Å². The normalized spacial score (nSPS) is 18.6. The van der Waals surface area contributed by atoms with Crippen molar-refractivity contribution < 1.29 is 19.4 Å². The molecule has 1 unspecified atom stereocenters. The Bertz CT molecular complexity index is 1390.